The SMILES string of the molecule is CCC/C=C/CCCCOC[C@H](O)[C@H]1OC[C@@H](O)[C@H]1O. The number of rotatable bonds is 10. The van der Waals surface area contributed by atoms with Crippen molar-refractivity contribution in [2.45, 2.75) is 63.4 Å². The van der Waals surface area contributed by atoms with E-state index < -0.39 is 24.4 Å². The van der Waals surface area contributed by atoms with Gasteiger partial charge < -0.3 is 24.8 Å². The van der Waals surface area contributed by atoms with Crippen LogP contribution in [0.1, 0.15) is 39.0 Å². The Morgan fingerprint density at radius 3 is 2.65 bits per heavy atom. The van der Waals surface area contributed by atoms with Crippen molar-refractivity contribution in [2.24, 2.45) is 0 Å². The van der Waals surface area contributed by atoms with Crippen LogP contribution in [-0.2, 0) is 9.47 Å². The number of allylic oxidation sites excluding steroid dienone is 2. The Balaban J connectivity index is 1.98. The molecule has 5 heteroatoms. The second-order valence-corrected chi connectivity index (χ2v) is 5.25. The molecule has 1 rings (SSSR count). The quantitative estimate of drug-likeness (QED) is 0.413. The van der Waals surface area contributed by atoms with Crippen molar-refractivity contribution in [3.63, 3.8) is 0 Å². The maximum atomic E-state index is 9.80. The van der Waals surface area contributed by atoms with E-state index in [1.807, 2.05) is 0 Å². The van der Waals surface area contributed by atoms with Gasteiger partial charge >= 0.3 is 0 Å². The summed E-state index contributed by atoms with van der Waals surface area (Å²) in [6.45, 7) is 2.94. The van der Waals surface area contributed by atoms with Gasteiger partial charge in [0.15, 0.2) is 0 Å². The van der Waals surface area contributed by atoms with Crippen LogP contribution in [0.15, 0.2) is 12.2 Å². The Labute approximate surface area is 121 Å². The molecule has 1 aliphatic heterocycles. The van der Waals surface area contributed by atoms with E-state index in [-0.39, 0.29) is 13.2 Å². The Kier molecular flexibility index (Phi) is 9.05. The highest BCUT2D eigenvalue weighted by Crippen LogP contribution is 2.17. The highest BCUT2D eigenvalue weighted by molar-refractivity contribution is 4.87. The summed E-state index contributed by atoms with van der Waals surface area (Å²) in [6, 6.07) is 0. The van der Waals surface area contributed by atoms with Gasteiger partial charge in [-0.15, -0.1) is 0 Å². The molecule has 0 amide bonds. The van der Waals surface area contributed by atoms with Gasteiger partial charge in [-0.25, -0.2) is 0 Å². The van der Waals surface area contributed by atoms with Crippen molar-refractivity contribution in [3.8, 4) is 0 Å². The zero-order valence-corrected chi connectivity index (χ0v) is 12.3. The van der Waals surface area contributed by atoms with Crippen LogP contribution >= 0.6 is 0 Å². The van der Waals surface area contributed by atoms with Gasteiger partial charge in [0, 0.05) is 6.61 Å². The molecular formula is C15H28O5. The lowest BCUT2D eigenvalue weighted by molar-refractivity contribution is -0.0813. The first-order chi connectivity index (χ1) is 9.66. The van der Waals surface area contributed by atoms with Gasteiger partial charge in [-0.2, -0.15) is 0 Å². The molecule has 0 radical (unpaired) electrons. The molecule has 0 bridgehead atoms. The van der Waals surface area contributed by atoms with E-state index in [0.29, 0.717) is 6.61 Å². The number of hydrogen-bond donors (Lipinski definition) is 3. The molecule has 4 atom stereocenters. The number of ether oxygens (including phenoxy) is 2. The maximum Gasteiger partial charge on any atom is 0.114 e. The second-order valence-electron chi connectivity index (χ2n) is 5.25. The summed E-state index contributed by atoms with van der Waals surface area (Å²) in [4.78, 5) is 0. The minimum absolute atomic E-state index is 0.0625. The summed E-state index contributed by atoms with van der Waals surface area (Å²) in [5, 5.41) is 28.7. The third kappa shape index (κ3) is 6.33. The van der Waals surface area contributed by atoms with Crippen molar-refractivity contribution in [2.75, 3.05) is 19.8 Å². The number of unbranched alkanes of at least 4 members (excludes halogenated alkanes) is 3. The summed E-state index contributed by atoms with van der Waals surface area (Å²) in [5.74, 6) is 0. The smallest absolute Gasteiger partial charge is 0.114 e. The van der Waals surface area contributed by atoms with Crippen molar-refractivity contribution in [1.29, 1.82) is 0 Å². The molecule has 118 valence electrons. The van der Waals surface area contributed by atoms with Crippen LogP contribution < -0.4 is 0 Å². The molecule has 20 heavy (non-hydrogen) atoms. The Hall–Kier alpha value is -0.460. The molecule has 1 fully saturated rings. The van der Waals surface area contributed by atoms with Gasteiger partial charge in [0.05, 0.1) is 13.2 Å². The van der Waals surface area contributed by atoms with E-state index in [1.54, 1.807) is 0 Å². The third-order valence-corrected chi connectivity index (χ3v) is 3.39. The number of aliphatic hydroxyl groups excluding tert-OH is 3. The van der Waals surface area contributed by atoms with E-state index in [0.717, 1.165) is 25.7 Å². The van der Waals surface area contributed by atoms with Gasteiger partial charge in [0.1, 0.15) is 24.4 Å². The van der Waals surface area contributed by atoms with Crippen molar-refractivity contribution >= 4 is 0 Å². The fourth-order valence-corrected chi connectivity index (χ4v) is 2.13. The van der Waals surface area contributed by atoms with Crippen LogP contribution in [0.25, 0.3) is 0 Å². The molecule has 0 aromatic heterocycles. The zero-order valence-electron chi connectivity index (χ0n) is 12.3. The van der Waals surface area contributed by atoms with E-state index in [2.05, 4.69) is 19.1 Å². The topological polar surface area (TPSA) is 79.2 Å². The molecule has 3 N–H and O–H groups in total. The molecule has 0 unspecified atom stereocenters. The van der Waals surface area contributed by atoms with E-state index in [4.69, 9.17) is 9.47 Å². The van der Waals surface area contributed by atoms with Crippen LogP contribution in [0, 0.1) is 0 Å². The summed E-state index contributed by atoms with van der Waals surface area (Å²) in [5.41, 5.74) is 0. The minimum atomic E-state index is -1.03. The average molecular weight is 288 g/mol. The average Bonchev–Trinajstić information content (AvgIpc) is 2.77. The molecule has 0 saturated carbocycles. The molecule has 1 aliphatic rings. The van der Waals surface area contributed by atoms with Crippen molar-refractivity contribution in [1.82, 2.24) is 0 Å². The molecule has 0 aliphatic carbocycles. The highest BCUT2D eigenvalue weighted by atomic mass is 16.5. The first kappa shape index (κ1) is 17.6. The minimum Gasteiger partial charge on any atom is -0.388 e. The van der Waals surface area contributed by atoms with Crippen LogP contribution in [0.2, 0.25) is 0 Å². The Morgan fingerprint density at radius 1 is 1.25 bits per heavy atom. The van der Waals surface area contributed by atoms with Crippen LogP contribution in [0.3, 0.4) is 0 Å². The van der Waals surface area contributed by atoms with Gasteiger partial charge in [0.25, 0.3) is 0 Å². The largest absolute Gasteiger partial charge is 0.388 e. The van der Waals surface area contributed by atoms with Crippen LogP contribution in [0.5, 0.6) is 0 Å². The molecule has 0 aromatic rings. The molecular weight excluding hydrogens is 260 g/mol. The molecule has 0 spiro atoms. The van der Waals surface area contributed by atoms with Crippen molar-refractivity contribution < 1.29 is 24.8 Å². The third-order valence-electron chi connectivity index (χ3n) is 3.39. The Morgan fingerprint density at radius 2 is 2.00 bits per heavy atom. The van der Waals surface area contributed by atoms with E-state index >= 15 is 0 Å². The fourth-order valence-electron chi connectivity index (χ4n) is 2.13. The lowest BCUT2D eigenvalue weighted by atomic mass is 10.1. The highest BCUT2D eigenvalue weighted by Gasteiger charge is 2.39. The number of aliphatic hydroxyl groups is 3. The van der Waals surface area contributed by atoms with Gasteiger partial charge in [0.2, 0.25) is 0 Å². The summed E-state index contributed by atoms with van der Waals surface area (Å²) >= 11 is 0. The predicted octanol–water partition coefficient (Wildman–Crippen LogP) is 1.01. The van der Waals surface area contributed by atoms with Gasteiger partial charge in [-0.3, -0.25) is 0 Å². The molecule has 5 nitrogen and oxygen atoms in total. The first-order valence-electron chi connectivity index (χ1n) is 7.55. The molecule has 1 heterocycles. The monoisotopic (exact) mass is 288 g/mol. The predicted molar refractivity (Wildman–Crippen MR) is 76.5 cm³/mol. The maximum absolute atomic E-state index is 9.80. The van der Waals surface area contributed by atoms with Crippen LogP contribution in [-0.4, -0.2) is 59.6 Å². The summed E-state index contributed by atoms with van der Waals surface area (Å²) in [6.07, 6.45) is 6.20. The van der Waals surface area contributed by atoms with Gasteiger partial charge in [-0.1, -0.05) is 25.5 Å². The second kappa shape index (κ2) is 10.3. The number of hydrogen-bond acceptors (Lipinski definition) is 5. The lowest BCUT2D eigenvalue weighted by Gasteiger charge is -2.20. The first-order valence-corrected chi connectivity index (χ1v) is 7.55. The van der Waals surface area contributed by atoms with E-state index in [1.165, 1.54) is 6.42 Å². The molecule has 1 saturated heterocycles. The summed E-state index contributed by atoms with van der Waals surface area (Å²) in [7, 11) is 0. The summed E-state index contributed by atoms with van der Waals surface area (Å²) < 4.78 is 10.5. The Bertz CT molecular complexity index is 269. The van der Waals surface area contributed by atoms with Gasteiger partial charge in [-0.05, 0) is 25.7 Å². The standard InChI is InChI=1S/C15H28O5/c1-2-3-4-5-6-7-8-9-19-10-13(17)15-14(18)12(16)11-20-15/h4-5,12-18H,2-3,6-11H2,1H3/b5-4+/t12-,13+,14-,15-/m1/s1. The lowest BCUT2D eigenvalue weighted by Crippen LogP contribution is -2.40. The van der Waals surface area contributed by atoms with Crippen LogP contribution in [0.4, 0.5) is 0 Å². The fraction of sp³-hybridized carbons (Fsp3) is 0.867. The molecule has 0 aromatic carbocycles. The van der Waals surface area contributed by atoms with Crippen molar-refractivity contribution in [3.05, 3.63) is 12.2 Å². The van der Waals surface area contributed by atoms with E-state index in [9.17, 15) is 15.3 Å². The normalized spacial score (nSPS) is 28.3. The zero-order chi connectivity index (χ0) is 14.8.